The van der Waals surface area contributed by atoms with Gasteiger partial charge >= 0.3 is 0 Å². The number of hydrogen-bond donors (Lipinski definition) is 1. The first-order chi connectivity index (χ1) is 21.7. The molecule has 0 aliphatic carbocycles. The van der Waals surface area contributed by atoms with Gasteiger partial charge in [-0.25, -0.2) is 0 Å². The number of phenolic OH excluding ortho intramolecular Hbond substituents is 1. The lowest BCUT2D eigenvalue weighted by Crippen LogP contribution is -1.99. The van der Waals surface area contributed by atoms with E-state index in [-0.39, 0.29) is 0 Å². The molecule has 0 radical (unpaired) electrons. The zero-order valence-corrected chi connectivity index (χ0v) is 30.6. The van der Waals surface area contributed by atoms with Crippen LogP contribution in [0.15, 0.2) is 12.1 Å². The van der Waals surface area contributed by atoms with Crippen LogP contribution in [0.2, 0.25) is 0 Å². The third-order valence-corrected chi connectivity index (χ3v) is 10.2. The van der Waals surface area contributed by atoms with Crippen LogP contribution in [-0.4, -0.2) is 5.11 Å². The Morgan fingerprint density at radius 2 is 0.636 bits per heavy atom. The molecule has 1 nitrogen and oxygen atoms in total. The van der Waals surface area contributed by atoms with Crippen LogP contribution in [0.1, 0.15) is 236 Å². The van der Waals surface area contributed by atoms with Crippen molar-refractivity contribution in [3.8, 4) is 5.75 Å². The molecule has 0 aliphatic rings. The molecular weight excluding hydrogens is 532 g/mol. The Labute approximate surface area is 278 Å². The quantitative estimate of drug-likeness (QED) is 0.0768. The molecule has 0 amide bonds. The zero-order chi connectivity index (χ0) is 31.8. The third kappa shape index (κ3) is 24.3. The number of hydrogen-bond acceptors (Lipinski definition) is 1. The van der Waals surface area contributed by atoms with Crippen molar-refractivity contribution in [2.75, 3.05) is 0 Å². The summed E-state index contributed by atoms with van der Waals surface area (Å²) in [5.41, 5.74) is 4.10. The van der Waals surface area contributed by atoms with Crippen LogP contribution in [0.25, 0.3) is 0 Å². The second-order valence-corrected chi connectivity index (χ2v) is 14.5. The summed E-state index contributed by atoms with van der Waals surface area (Å²) >= 11 is 0. The van der Waals surface area contributed by atoms with Crippen molar-refractivity contribution in [2.24, 2.45) is 0 Å². The summed E-state index contributed by atoms with van der Waals surface area (Å²) in [7, 11) is 0. The van der Waals surface area contributed by atoms with Crippen molar-refractivity contribution in [3.05, 3.63) is 28.8 Å². The average Bonchev–Trinajstić information content (AvgIpc) is 3.03. The van der Waals surface area contributed by atoms with E-state index >= 15 is 0 Å². The van der Waals surface area contributed by atoms with Crippen LogP contribution in [-0.2, 0) is 12.8 Å². The molecule has 0 unspecified atom stereocenters. The van der Waals surface area contributed by atoms with Gasteiger partial charge in [0.25, 0.3) is 0 Å². The van der Waals surface area contributed by atoms with E-state index in [2.05, 4.69) is 26.8 Å². The lowest BCUT2D eigenvalue weighted by Gasteiger charge is -2.14. The Morgan fingerprint density at radius 1 is 0.364 bits per heavy atom. The van der Waals surface area contributed by atoms with Crippen LogP contribution < -0.4 is 0 Å². The second kappa shape index (κ2) is 32.0. The molecule has 0 fully saturated rings. The Morgan fingerprint density at radius 3 is 0.955 bits per heavy atom. The van der Waals surface area contributed by atoms with Gasteiger partial charge in [-0.15, -0.1) is 0 Å². The zero-order valence-electron chi connectivity index (χ0n) is 30.6. The summed E-state index contributed by atoms with van der Waals surface area (Å²) in [5.74, 6) is 0.493. The minimum atomic E-state index is 0.493. The Bertz CT molecular complexity index is 722. The van der Waals surface area contributed by atoms with E-state index in [0.717, 1.165) is 12.0 Å². The summed E-state index contributed by atoms with van der Waals surface area (Å²) in [6.45, 7) is 6.74. The molecule has 0 saturated carbocycles. The third-order valence-electron chi connectivity index (χ3n) is 10.2. The predicted octanol–water partition coefficient (Wildman–Crippen LogP) is 15.3. The maximum absolute atomic E-state index is 10.4. The van der Waals surface area contributed by atoms with Gasteiger partial charge in [0.05, 0.1) is 0 Å². The minimum absolute atomic E-state index is 0.493. The normalized spacial score (nSPS) is 11.5. The van der Waals surface area contributed by atoms with Gasteiger partial charge < -0.3 is 5.11 Å². The Balaban J connectivity index is 2.01. The molecule has 1 N–H and O–H groups in total. The summed E-state index contributed by atoms with van der Waals surface area (Å²) < 4.78 is 0. The van der Waals surface area contributed by atoms with Crippen molar-refractivity contribution in [1.29, 1.82) is 0 Å². The van der Waals surface area contributed by atoms with Crippen molar-refractivity contribution < 1.29 is 5.11 Å². The monoisotopic (exact) mass is 613 g/mol. The Kier molecular flexibility index (Phi) is 29.8. The van der Waals surface area contributed by atoms with Crippen LogP contribution in [0.3, 0.4) is 0 Å². The lowest BCUT2D eigenvalue weighted by atomic mass is 9.92. The first-order valence-corrected chi connectivity index (χ1v) is 20.5. The van der Waals surface area contributed by atoms with Crippen molar-refractivity contribution in [1.82, 2.24) is 0 Å². The van der Waals surface area contributed by atoms with Crippen molar-refractivity contribution >= 4 is 0 Å². The van der Waals surface area contributed by atoms with Gasteiger partial charge in [-0.1, -0.05) is 213 Å². The van der Waals surface area contributed by atoms with Crippen molar-refractivity contribution in [3.63, 3.8) is 0 Å². The van der Waals surface area contributed by atoms with E-state index in [4.69, 9.17) is 0 Å². The molecule has 1 aromatic carbocycles. The molecule has 44 heavy (non-hydrogen) atoms. The smallest absolute Gasteiger partial charge is 0.118 e. The lowest BCUT2D eigenvalue weighted by molar-refractivity contribution is 0.469. The van der Waals surface area contributed by atoms with E-state index in [1.54, 1.807) is 0 Å². The summed E-state index contributed by atoms with van der Waals surface area (Å²) in [6.07, 6.45) is 47.8. The van der Waals surface area contributed by atoms with E-state index in [0.29, 0.717) is 5.75 Å². The van der Waals surface area contributed by atoms with E-state index < -0.39 is 0 Å². The summed E-state index contributed by atoms with van der Waals surface area (Å²) in [4.78, 5) is 0. The fourth-order valence-electron chi connectivity index (χ4n) is 7.10. The summed E-state index contributed by atoms with van der Waals surface area (Å²) in [6, 6.07) is 4.16. The number of rotatable bonds is 34. The summed E-state index contributed by atoms with van der Waals surface area (Å²) in [5, 5.41) is 10.4. The highest BCUT2D eigenvalue weighted by Crippen LogP contribution is 2.27. The Hall–Kier alpha value is -0.980. The maximum atomic E-state index is 10.4. The first-order valence-electron chi connectivity index (χ1n) is 20.5. The topological polar surface area (TPSA) is 20.2 Å². The van der Waals surface area contributed by atoms with E-state index in [1.807, 2.05) is 6.07 Å². The minimum Gasteiger partial charge on any atom is -0.508 e. The highest BCUT2D eigenvalue weighted by atomic mass is 16.3. The van der Waals surface area contributed by atoms with E-state index in [1.165, 1.54) is 223 Å². The van der Waals surface area contributed by atoms with E-state index in [9.17, 15) is 5.11 Å². The largest absolute Gasteiger partial charge is 0.508 e. The average molecular weight is 613 g/mol. The molecule has 1 heteroatoms. The molecule has 1 aromatic rings. The van der Waals surface area contributed by atoms with Gasteiger partial charge in [-0.2, -0.15) is 0 Å². The molecular formula is C43H80O. The van der Waals surface area contributed by atoms with Crippen LogP contribution in [0, 0.1) is 6.92 Å². The molecule has 0 bridgehead atoms. The molecule has 0 saturated heterocycles. The number of benzene rings is 1. The maximum Gasteiger partial charge on any atom is 0.118 e. The molecule has 0 aromatic heterocycles. The highest BCUT2D eigenvalue weighted by Gasteiger charge is 2.10. The molecule has 1 rings (SSSR count). The van der Waals surface area contributed by atoms with Gasteiger partial charge in [-0.3, -0.25) is 0 Å². The standard InChI is InChI=1S/C43H80O/c1-4-6-8-10-12-14-16-18-20-22-24-26-28-30-32-34-36-41-38-39-43(44)40(3)42(41)37-35-33-31-29-27-25-23-21-19-17-15-13-11-9-7-5-2/h38-39,44H,4-37H2,1-3H3. The SMILES string of the molecule is CCCCCCCCCCCCCCCCCCc1ccc(O)c(C)c1CCCCCCCCCCCCCCCCCC. The molecule has 0 atom stereocenters. The first kappa shape index (κ1) is 41.0. The fraction of sp³-hybridized carbons (Fsp3) is 0.860. The molecule has 258 valence electrons. The van der Waals surface area contributed by atoms with Crippen LogP contribution in [0.4, 0.5) is 0 Å². The van der Waals surface area contributed by atoms with Gasteiger partial charge in [0, 0.05) is 0 Å². The molecule has 0 spiro atoms. The fourth-order valence-corrected chi connectivity index (χ4v) is 7.10. The van der Waals surface area contributed by atoms with Crippen LogP contribution >= 0.6 is 0 Å². The van der Waals surface area contributed by atoms with Gasteiger partial charge in [0.2, 0.25) is 0 Å². The highest BCUT2D eigenvalue weighted by molar-refractivity contribution is 5.43. The molecule has 0 heterocycles. The van der Waals surface area contributed by atoms with Gasteiger partial charge in [0.1, 0.15) is 5.75 Å². The van der Waals surface area contributed by atoms with Gasteiger partial charge in [0.15, 0.2) is 0 Å². The number of unbranched alkanes of at least 4 members (excludes halogenated alkanes) is 30. The van der Waals surface area contributed by atoms with Gasteiger partial charge in [-0.05, 0) is 55.4 Å². The second-order valence-electron chi connectivity index (χ2n) is 14.5. The van der Waals surface area contributed by atoms with Crippen molar-refractivity contribution in [2.45, 2.75) is 239 Å². The number of aryl methyl sites for hydroxylation is 1. The predicted molar refractivity (Wildman–Crippen MR) is 199 cm³/mol. The van der Waals surface area contributed by atoms with Crippen LogP contribution in [0.5, 0.6) is 5.75 Å². The number of aromatic hydroxyl groups is 1. The molecule has 0 aliphatic heterocycles. The number of phenols is 1.